The standard InChI is InChI=1S/C23H26FN3O2/c1-4-13-27(15-22(28)25-20-8-6-5-7-16(20)2)14-21-17(3)23(29-26-21)18-9-11-19(24)12-10-18/h5-12H,4,13-15H2,1-3H3,(H,25,28). The Morgan fingerprint density at radius 1 is 1.14 bits per heavy atom. The summed E-state index contributed by atoms with van der Waals surface area (Å²) in [4.78, 5) is 14.6. The van der Waals surface area contributed by atoms with Crippen molar-refractivity contribution in [2.75, 3.05) is 18.4 Å². The molecule has 0 radical (unpaired) electrons. The minimum Gasteiger partial charge on any atom is -0.356 e. The number of rotatable bonds is 8. The summed E-state index contributed by atoms with van der Waals surface area (Å²) in [6, 6.07) is 13.9. The Kier molecular flexibility index (Phi) is 6.77. The maximum absolute atomic E-state index is 13.2. The van der Waals surface area contributed by atoms with Crippen LogP contribution in [0.4, 0.5) is 10.1 Å². The van der Waals surface area contributed by atoms with Crippen molar-refractivity contribution in [3.63, 3.8) is 0 Å². The zero-order chi connectivity index (χ0) is 20.8. The number of carbonyl (C=O) groups is 1. The maximum atomic E-state index is 13.2. The van der Waals surface area contributed by atoms with Crippen molar-refractivity contribution in [2.24, 2.45) is 0 Å². The lowest BCUT2D eigenvalue weighted by Crippen LogP contribution is -2.33. The summed E-state index contributed by atoms with van der Waals surface area (Å²) in [7, 11) is 0. The summed E-state index contributed by atoms with van der Waals surface area (Å²) in [5.74, 6) is 0.272. The summed E-state index contributed by atoms with van der Waals surface area (Å²) < 4.78 is 18.7. The van der Waals surface area contributed by atoms with E-state index >= 15 is 0 Å². The van der Waals surface area contributed by atoms with E-state index in [-0.39, 0.29) is 18.3 Å². The third-order valence-electron chi connectivity index (χ3n) is 4.83. The largest absolute Gasteiger partial charge is 0.356 e. The lowest BCUT2D eigenvalue weighted by atomic mass is 10.1. The smallest absolute Gasteiger partial charge is 0.238 e. The van der Waals surface area contributed by atoms with E-state index in [1.807, 2.05) is 43.0 Å². The van der Waals surface area contributed by atoms with Gasteiger partial charge in [0, 0.05) is 23.4 Å². The molecule has 0 unspecified atom stereocenters. The van der Waals surface area contributed by atoms with Gasteiger partial charge in [-0.05, 0) is 62.7 Å². The fourth-order valence-corrected chi connectivity index (χ4v) is 3.23. The normalized spacial score (nSPS) is 11.1. The molecule has 0 aliphatic heterocycles. The molecule has 0 bridgehead atoms. The summed E-state index contributed by atoms with van der Waals surface area (Å²) in [6.45, 7) is 7.51. The van der Waals surface area contributed by atoms with E-state index in [0.717, 1.165) is 41.0 Å². The third-order valence-corrected chi connectivity index (χ3v) is 4.83. The molecule has 2 aromatic carbocycles. The van der Waals surface area contributed by atoms with Crippen LogP contribution in [0.25, 0.3) is 11.3 Å². The molecule has 3 aromatic rings. The van der Waals surface area contributed by atoms with Gasteiger partial charge in [0.25, 0.3) is 0 Å². The molecule has 0 atom stereocenters. The molecule has 1 amide bonds. The maximum Gasteiger partial charge on any atom is 0.238 e. The van der Waals surface area contributed by atoms with Crippen LogP contribution < -0.4 is 5.32 Å². The molecule has 1 N–H and O–H groups in total. The summed E-state index contributed by atoms with van der Waals surface area (Å²) in [6.07, 6.45) is 0.916. The number of carbonyl (C=O) groups excluding carboxylic acids is 1. The summed E-state index contributed by atoms with van der Waals surface area (Å²) in [5, 5.41) is 7.18. The second-order valence-electron chi connectivity index (χ2n) is 7.16. The Labute approximate surface area is 170 Å². The number of anilines is 1. The van der Waals surface area contributed by atoms with E-state index in [2.05, 4.69) is 17.4 Å². The van der Waals surface area contributed by atoms with Gasteiger partial charge in [-0.3, -0.25) is 9.69 Å². The fraction of sp³-hybridized carbons (Fsp3) is 0.304. The fourth-order valence-electron chi connectivity index (χ4n) is 3.23. The highest BCUT2D eigenvalue weighted by atomic mass is 19.1. The molecule has 0 saturated carbocycles. The molecule has 0 saturated heterocycles. The molecule has 1 heterocycles. The summed E-state index contributed by atoms with van der Waals surface area (Å²) in [5.41, 5.74) is 4.31. The third kappa shape index (κ3) is 5.29. The van der Waals surface area contributed by atoms with Crippen LogP contribution in [-0.4, -0.2) is 29.1 Å². The SMILES string of the molecule is CCCN(CC(=O)Nc1ccccc1C)Cc1noc(-c2ccc(F)cc2)c1C. The number of aryl methyl sites for hydroxylation is 1. The predicted molar refractivity (Wildman–Crippen MR) is 112 cm³/mol. The minimum absolute atomic E-state index is 0.0624. The number of amides is 1. The van der Waals surface area contributed by atoms with Gasteiger partial charge in [0.2, 0.25) is 5.91 Å². The monoisotopic (exact) mass is 395 g/mol. The Balaban J connectivity index is 1.69. The number of nitrogens with zero attached hydrogens (tertiary/aromatic N) is 2. The molecule has 0 spiro atoms. The number of benzene rings is 2. The number of nitrogens with one attached hydrogen (secondary N) is 1. The predicted octanol–water partition coefficient (Wildman–Crippen LogP) is 4.95. The first-order valence-electron chi connectivity index (χ1n) is 9.77. The molecule has 152 valence electrons. The van der Waals surface area contributed by atoms with E-state index < -0.39 is 0 Å². The highest BCUT2D eigenvalue weighted by molar-refractivity contribution is 5.92. The highest BCUT2D eigenvalue weighted by Gasteiger charge is 2.18. The van der Waals surface area contributed by atoms with Gasteiger partial charge in [0.15, 0.2) is 5.76 Å². The number of para-hydroxylation sites is 1. The first kappa shape index (κ1) is 20.7. The Morgan fingerprint density at radius 2 is 1.86 bits per heavy atom. The first-order chi connectivity index (χ1) is 14.0. The van der Waals surface area contributed by atoms with Crippen LogP contribution in [0.2, 0.25) is 0 Å². The number of hydrogen-bond acceptors (Lipinski definition) is 4. The average Bonchev–Trinajstić information content (AvgIpc) is 3.05. The van der Waals surface area contributed by atoms with E-state index in [0.29, 0.717) is 12.3 Å². The van der Waals surface area contributed by atoms with Crippen molar-refractivity contribution < 1.29 is 13.7 Å². The van der Waals surface area contributed by atoms with Gasteiger partial charge in [-0.25, -0.2) is 4.39 Å². The van der Waals surface area contributed by atoms with Crippen molar-refractivity contribution in [2.45, 2.75) is 33.7 Å². The van der Waals surface area contributed by atoms with Gasteiger partial charge in [-0.1, -0.05) is 30.3 Å². The minimum atomic E-state index is -0.292. The molecule has 0 aliphatic rings. The molecule has 6 heteroatoms. The van der Waals surface area contributed by atoms with Gasteiger partial charge in [0.05, 0.1) is 6.54 Å². The van der Waals surface area contributed by atoms with E-state index in [4.69, 9.17) is 4.52 Å². The zero-order valence-electron chi connectivity index (χ0n) is 17.0. The number of halogens is 1. The van der Waals surface area contributed by atoms with Gasteiger partial charge in [0.1, 0.15) is 11.5 Å². The molecule has 29 heavy (non-hydrogen) atoms. The van der Waals surface area contributed by atoms with Gasteiger partial charge >= 0.3 is 0 Å². The van der Waals surface area contributed by atoms with Crippen LogP contribution in [0.3, 0.4) is 0 Å². The van der Waals surface area contributed by atoms with Crippen LogP contribution >= 0.6 is 0 Å². The van der Waals surface area contributed by atoms with Crippen molar-refractivity contribution in [3.05, 3.63) is 71.2 Å². The zero-order valence-corrected chi connectivity index (χ0v) is 17.0. The van der Waals surface area contributed by atoms with Gasteiger partial charge in [-0.15, -0.1) is 0 Å². The molecule has 1 aromatic heterocycles. The second-order valence-corrected chi connectivity index (χ2v) is 7.16. The van der Waals surface area contributed by atoms with Crippen molar-refractivity contribution >= 4 is 11.6 Å². The first-order valence-corrected chi connectivity index (χ1v) is 9.77. The topological polar surface area (TPSA) is 58.4 Å². The molecular formula is C23H26FN3O2. The van der Waals surface area contributed by atoms with E-state index in [1.54, 1.807) is 12.1 Å². The van der Waals surface area contributed by atoms with E-state index in [1.165, 1.54) is 12.1 Å². The van der Waals surface area contributed by atoms with Crippen LogP contribution in [-0.2, 0) is 11.3 Å². The molecular weight excluding hydrogens is 369 g/mol. The van der Waals surface area contributed by atoms with Crippen molar-refractivity contribution in [3.8, 4) is 11.3 Å². The molecule has 3 rings (SSSR count). The second kappa shape index (κ2) is 9.47. The summed E-state index contributed by atoms with van der Waals surface area (Å²) >= 11 is 0. The van der Waals surface area contributed by atoms with E-state index in [9.17, 15) is 9.18 Å². The molecule has 0 aliphatic carbocycles. The Bertz CT molecular complexity index is 967. The molecule has 5 nitrogen and oxygen atoms in total. The molecule has 0 fully saturated rings. The number of hydrogen-bond donors (Lipinski definition) is 1. The van der Waals surface area contributed by atoms with Gasteiger partial charge < -0.3 is 9.84 Å². The highest BCUT2D eigenvalue weighted by Crippen LogP contribution is 2.26. The van der Waals surface area contributed by atoms with Crippen molar-refractivity contribution in [1.29, 1.82) is 0 Å². The van der Waals surface area contributed by atoms with Crippen LogP contribution in [0.1, 0.15) is 30.2 Å². The van der Waals surface area contributed by atoms with Crippen LogP contribution in [0.15, 0.2) is 53.1 Å². The average molecular weight is 395 g/mol. The Hall–Kier alpha value is -2.99. The van der Waals surface area contributed by atoms with Crippen LogP contribution in [0.5, 0.6) is 0 Å². The Morgan fingerprint density at radius 3 is 2.55 bits per heavy atom. The number of aromatic nitrogens is 1. The lowest BCUT2D eigenvalue weighted by molar-refractivity contribution is -0.117. The lowest BCUT2D eigenvalue weighted by Gasteiger charge is -2.20. The van der Waals surface area contributed by atoms with Crippen LogP contribution in [0, 0.1) is 19.7 Å². The quantitative estimate of drug-likeness (QED) is 0.586. The van der Waals surface area contributed by atoms with Gasteiger partial charge in [-0.2, -0.15) is 0 Å². The van der Waals surface area contributed by atoms with Crippen molar-refractivity contribution in [1.82, 2.24) is 10.1 Å².